The van der Waals surface area contributed by atoms with E-state index in [2.05, 4.69) is 35.6 Å². The minimum absolute atomic E-state index is 0.715. The van der Waals surface area contributed by atoms with E-state index in [4.69, 9.17) is 0 Å². The summed E-state index contributed by atoms with van der Waals surface area (Å²) in [5.41, 5.74) is 0. The molecule has 0 fully saturated rings. The molecular weight excluding hydrogens is 1020 g/mol. The van der Waals surface area contributed by atoms with Crippen LogP contribution in [-0.2, 0) is 0 Å². The summed E-state index contributed by atoms with van der Waals surface area (Å²) in [4.78, 5) is 0. The van der Waals surface area contributed by atoms with Gasteiger partial charge in [0.15, 0.2) is 0 Å². The van der Waals surface area contributed by atoms with Crippen LogP contribution in [0.4, 0.5) is 0 Å². The molecule has 0 unspecified atom stereocenters. The molecule has 0 aromatic carbocycles. The second-order valence-corrected chi connectivity index (χ2v) is 123. The monoisotopic (exact) mass is 1040 g/mol. The fourth-order valence-electron chi connectivity index (χ4n) is 0.0454. The Morgan fingerprint density at radius 3 is 1.25 bits per heavy atom. The average molecular weight is 1020 g/mol. The molecule has 0 aliphatic carbocycles. The Morgan fingerprint density at radius 1 is 0.625 bits per heavy atom. The molecule has 0 rings (SSSR count). The molecule has 48 valence electrons. The van der Waals surface area contributed by atoms with E-state index in [9.17, 15) is 0 Å². The second kappa shape index (κ2) is 13.3. The van der Waals surface area contributed by atoms with Crippen LogP contribution >= 0.6 is 0 Å². The van der Waals surface area contributed by atoms with Gasteiger partial charge in [0.05, 0.1) is 0 Å². The van der Waals surface area contributed by atoms with Gasteiger partial charge in [0.25, 0.3) is 0 Å². The van der Waals surface area contributed by atoms with E-state index in [1.807, 2.05) is 0 Å². The first-order valence-corrected chi connectivity index (χ1v) is 52.5. The van der Waals surface area contributed by atoms with Gasteiger partial charge in [-0.3, -0.25) is 0 Å². The predicted octanol–water partition coefficient (Wildman–Crippen LogP) is -3.05. The molecule has 8 heavy (non-hydrogen) atoms. The summed E-state index contributed by atoms with van der Waals surface area (Å²) in [6, 6.07) is 0. The molecule has 8 heteroatoms. The molecule has 0 aliphatic rings. The zero-order valence-corrected chi connectivity index (χ0v) is 21.9. The van der Waals surface area contributed by atoms with E-state index in [1.165, 1.54) is 0 Å². The Kier molecular flexibility index (Phi) is 23.8. The SMILES string of the molecule is [Te]=[Te]=[Te]=[Te]=[Te]=[Te]=[Te]=[Te]. The topological polar surface area (TPSA) is 0 Å². The molecule has 0 saturated heterocycles. The van der Waals surface area contributed by atoms with Crippen molar-refractivity contribution in [2.75, 3.05) is 0 Å². The zero-order chi connectivity index (χ0) is 6.24. The summed E-state index contributed by atoms with van der Waals surface area (Å²) in [5.74, 6) is 0. The third-order valence-electron chi connectivity index (χ3n) is 0.139. The Morgan fingerprint density at radius 2 is 1.00 bits per heavy atom. The molecule has 0 bridgehead atoms. The fourth-order valence-corrected chi connectivity index (χ4v) is 616. The number of rotatable bonds is 0. The van der Waals surface area contributed by atoms with Gasteiger partial charge in [-0.2, -0.15) is 0 Å². The summed E-state index contributed by atoms with van der Waals surface area (Å²) in [6.45, 7) is 0. The molecule has 0 nitrogen and oxygen atoms in total. The van der Waals surface area contributed by atoms with Gasteiger partial charge >= 0.3 is 107 Å². The maximum absolute atomic E-state index is 2.46. The van der Waals surface area contributed by atoms with Gasteiger partial charge in [-0.1, -0.05) is 0 Å². The van der Waals surface area contributed by atoms with Crippen molar-refractivity contribution in [3.05, 3.63) is 0 Å². The molecule has 0 heterocycles. The van der Waals surface area contributed by atoms with Crippen molar-refractivity contribution >= 4 is 107 Å². The van der Waals surface area contributed by atoms with Gasteiger partial charge in [0.2, 0.25) is 0 Å². The van der Waals surface area contributed by atoms with Gasteiger partial charge in [-0.15, -0.1) is 0 Å². The van der Waals surface area contributed by atoms with Gasteiger partial charge in [-0.25, -0.2) is 0 Å². The summed E-state index contributed by atoms with van der Waals surface area (Å²) in [6.07, 6.45) is 0. The van der Waals surface area contributed by atoms with E-state index in [1.54, 1.807) is 0 Å². The van der Waals surface area contributed by atoms with E-state index >= 15 is 0 Å². The minimum atomic E-state index is 0.715. The molecule has 0 saturated carbocycles. The van der Waals surface area contributed by atoms with Gasteiger partial charge in [-0.05, 0) is 0 Å². The maximum atomic E-state index is 2.46. The predicted molar refractivity (Wildman–Crippen MR) is 46.0 cm³/mol. The van der Waals surface area contributed by atoms with Crippen molar-refractivity contribution in [1.82, 2.24) is 0 Å². The van der Waals surface area contributed by atoms with Crippen LogP contribution in [0, 0.1) is 0 Å². The Balaban J connectivity index is 5.06. The fraction of sp³-hybridized carbons (Fsp3) is 0. The van der Waals surface area contributed by atoms with Crippen molar-refractivity contribution in [3.63, 3.8) is 0 Å². The Bertz CT molecular complexity index is 229. The average Bonchev–Trinajstić information content (AvgIpc) is 1.81. The second-order valence-electron chi connectivity index (χ2n) is 0.408. The summed E-state index contributed by atoms with van der Waals surface area (Å²) >= 11 is 9.80. The molecule has 0 aliphatic heterocycles. The third-order valence-corrected chi connectivity index (χ3v) is 281. The van der Waals surface area contributed by atoms with E-state index in [-0.39, 0.29) is 0 Å². The van der Waals surface area contributed by atoms with Crippen LogP contribution in [0.3, 0.4) is 0 Å². The van der Waals surface area contributed by atoms with Crippen LogP contribution in [0.2, 0.25) is 0 Å². The van der Waals surface area contributed by atoms with Crippen LogP contribution in [-0.4, -0.2) is 107 Å². The van der Waals surface area contributed by atoms with Crippen molar-refractivity contribution in [2.24, 2.45) is 0 Å². The third kappa shape index (κ3) is 12.3. The first-order valence-electron chi connectivity index (χ1n) is 1.17. The van der Waals surface area contributed by atoms with Crippen LogP contribution in [0.5, 0.6) is 0 Å². The molecule has 0 aromatic rings. The van der Waals surface area contributed by atoms with E-state index < -0.39 is 0 Å². The molecular formula is Te8. The molecule has 0 aromatic heterocycles. The van der Waals surface area contributed by atoms with Crippen molar-refractivity contribution in [2.45, 2.75) is 0 Å². The zero-order valence-electron chi connectivity index (χ0n) is 3.27. The molecule has 0 atom stereocenters. The van der Waals surface area contributed by atoms with E-state index in [0.717, 1.165) is 47.7 Å². The quantitative estimate of drug-likeness (QED) is 0.227. The number of hydrogen-bond donors (Lipinski definition) is 0. The van der Waals surface area contributed by atoms with Gasteiger partial charge < -0.3 is 0 Å². The number of hydrogen-bond acceptors (Lipinski definition) is 0. The van der Waals surface area contributed by atoms with Crippen LogP contribution < -0.4 is 0 Å². The Labute approximate surface area is 102 Å². The van der Waals surface area contributed by atoms with Gasteiger partial charge in [0.1, 0.15) is 0 Å². The van der Waals surface area contributed by atoms with Crippen molar-refractivity contribution < 1.29 is 0 Å². The first kappa shape index (κ1) is 14.3. The van der Waals surface area contributed by atoms with Crippen LogP contribution in [0.1, 0.15) is 0 Å². The standard InChI is InChI=1S/Te8/c1-3-5-7-8-6-4-2. The van der Waals surface area contributed by atoms with Crippen molar-refractivity contribution in [3.8, 4) is 0 Å². The molecule has 0 amide bonds. The first-order chi connectivity index (χ1) is 3.91. The molecule has 0 radical (unpaired) electrons. The van der Waals surface area contributed by atoms with Crippen LogP contribution in [0.25, 0.3) is 0 Å². The Hall–Kier alpha value is 6.32. The van der Waals surface area contributed by atoms with Crippen LogP contribution in [0.15, 0.2) is 0 Å². The van der Waals surface area contributed by atoms with Gasteiger partial charge in [0, 0.05) is 0 Å². The normalized spacial score (nSPS) is 6.50. The molecule has 0 N–H and O–H groups in total. The summed E-state index contributed by atoms with van der Waals surface area (Å²) < 4.78 is 0. The molecule has 0 spiro atoms. The summed E-state index contributed by atoms with van der Waals surface area (Å²) in [7, 11) is 0. The van der Waals surface area contributed by atoms with Crippen molar-refractivity contribution in [1.29, 1.82) is 0 Å². The van der Waals surface area contributed by atoms with E-state index in [0.29, 0.717) is 23.9 Å². The summed E-state index contributed by atoms with van der Waals surface area (Å²) in [5, 5.41) is 0.